The number of hydrogen-bond acceptors (Lipinski definition) is 4. The van der Waals surface area contributed by atoms with Gasteiger partial charge in [0.05, 0.1) is 22.1 Å². The molecule has 4 heteroatoms. The summed E-state index contributed by atoms with van der Waals surface area (Å²) in [6.07, 6.45) is 0. The normalized spacial score (nSPS) is 15.5. The predicted molar refractivity (Wildman–Crippen MR) is 89.1 cm³/mol. The number of rotatable bonds is 2. The van der Waals surface area contributed by atoms with Crippen LogP contribution in [0.15, 0.2) is 34.3 Å². The smallest absolute Gasteiger partial charge is 0.197 e. The van der Waals surface area contributed by atoms with Crippen molar-refractivity contribution < 1.29 is 9.47 Å². The SMILES string of the molecule is CC(C)C1=Nc2ccc3c4c(ccc(c24)O1)N=C(C(C)C)O3. The monoisotopic (exact) mass is 294 g/mol. The van der Waals surface area contributed by atoms with Crippen molar-refractivity contribution in [2.75, 3.05) is 0 Å². The summed E-state index contributed by atoms with van der Waals surface area (Å²) in [4.78, 5) is 9.30. The molecule has 0 N–H and O–H groups in total. The van der Waals surface area contributed by atoms with Gasteiger partial charge in [-0.1, -0.05) is 27.7 Å². The molecular weight excluding hydrogens is 276 g/mol. The maximum atomic E-state index is 5.96. The Morgan fingerprint density at radius 1 is 0.682 bits per heavy atom. The van der Waals surface area contributed by atoms with Gasteiger partial charge in [0.1, 0.15) is 11.5 Å². The minimum Gasteiger partial charge on any atom is -0.442 e. The van der Waals surface area contributed by atoms with E-state index in [1.165, 1.54) is 0 Å². The van der Waals surface area contributed by atoms with Crippen molar-refractivity contribution >= 4 is 33.9 Å². The van der Waals surface area contributed by atoms with E-state index in [9.17, 15) is 0 Å². The molecular formula is C18H18N2O2. The first kappa shape index (κ1) is 13.3. The van der Waals surface area contributed by atoms with Crippen LogP contribution in [0.1, 0.15) is 27.7 Å². The third-order valence-electron chi connectivity index (χ3n) is 3.92. The minimum absolute atomic E-state index is 0.247. The molecule has 0 aromatic heterocycles. The van der Waals surface area contributed by atoms with Crippen LogP contribution in [0.4, 0.5) is 11.4 Å². The second kappa shape index (κ2) is 4.57. The van der Waals surface area contributed by atoms with Crippen LogP contribution in [0.5, 0.6) is 11.5 Å². The molecule has 0 amide bonds. The van der Waals surface area contributed by atoms with Gasteiger partial charge in [-0.15, -0.1) is 0 Å². The Kier molecular flexibility index (Phi) is 2.76. The molecule has 2 aromatic rings. The molecule has 0 saturated heterocycles. The fraction of sp³-hybridized carbons (Fsp3) is 0.333. The summed E-state index contributed by atoms with van der Waals surface area (Å²) in [6.45, 7) is 8.31. The van der Waals surface area contributed by atoms with Crippen LogP contribution in [0.2, 0.25) is 0 Å². The summed E-state index contributed by atoms with van der Waals surface area (Å²) in [5.41, 5.74) is 1.86. The molecule has 112 valence electrons. The number of hydrogen-bond donors (Lipinski definition) is 0. The summed E-state index contributed by atoms with van der Waals surface area (Å²) in [6, 6.07) is 7.96. The fourth-order valence-electron chi connectivity index (χ4n) is 2.76. The van der Waals surface area contributed by atoms with Crippen LogP contribution < -0.4 is 9.47 Å². The summed E-state index contributed by atoms with van der Waals surface area (Å²) in [5, 5.41) is 1.98. The van der Waals surface area contributed by atoms with Crippen LogP contribution in [0, 0.1) is 11.8 Å². The molecule has 0 bridgehead atoms. The molecule has 0 atom stereocenters. The first-order valence-electron chi connectivity index (χ1n) is 7.67. The Bertz CT molecular complexity index is 777. The molecule has 4 nitrogen and oxygen atoms in total. The zero-order chi connectivity index (χ0) is 15.4. The zero-order valence-corrected chi connectivity index (χ0v) is 13.2. The van der Waals surface area contributed by atoms with E-state index in [1.807, 2.05) is 24.3 Å². The molecule has 22 heavy (non-hydrogen) atoms. The lowest BCUT2D eigenvalue weighted by Gasteiger charge is -2.24. The summed E-state index contributed by atoms with van der Waals surface area (Å²) in [7, 11) is 0. The predicted octanol–water partition coefficient (Wildman–Crippen LogP) is 5.00. The van der Waals surface area contributed by atoms with E-state index in [2.05, 4.69) is 37.7 Å². The highest BCUT2D eigenvalue weighted by Gasteiger charge is 2.26. The van der Waals surface area contributed by atoms with Gasteiger partial charge in [-0.05, 0) is 24.3 Å². The lowest BCUT2D eigenvalue weighted by Crippen LogP contribution is -2.19. The van der Waals surface area contributed by atoms with Crippen molar-refractivity contribution in [3.05, 3.63) is 24.3 Å². The van der Waals surface area contributed by atoms with Crippen LogP contribution in [-0.2, 0) is 0 Å². The standard InChI is InChI=1S/C18H18N2O2/c1-9(2)17-19-11-5-8-14-16-12(20-18(22-14)10(3)4)6-7-13(21-17)15(11)16/h5-10H,1-4H3. The Morgan fingerprint density at radius 2 is 1.09 bits per heavy atom. The first-order valence-corrected chi connectivity index (χ1v) is 7.67. The van der Waals surface area contributed by atoms with Gasteiger partial charge in [-0.3, -0.25) is 0 Å². The minimum atomic E-state index is 0.247. The van der Waals surface area contributed by atoms with Crippen molar-refractivity contribution in [2.24, 2.45) is 21.8 Å². The van der Waals surface area contributed by atoms with Gasteiger partial charge in [-0.25, -0.2) is 9.98 Å². The molecule has 0 unspecified atom stereocenters. The van der Waals surface area contributed by atoms with Crippen molar-refractivity contribution in [1.29, 1.82) is 0 Å². The first-order chi connectivity index (χ1) is 10.5. The maximum absolute atomic E-state index is 5.96. The summed E-state index contributed by atoms with van der Waals surface area (Å²) in [5.74, 6) is 3.66. The van der Waals surface area contributed by atoms with E-state index >= 15 is 0 Å². The van der Waals surface area contributed by atoms with E-state index < -0.39 is 0 Å². The van der Waals surface area contributed by atoms with E-state index in [0.717, 1.165) is 45.4 Å². The number of aliphatic imine (C=N–C) groups is 2. The van der Waals surface area contributed by atoms with Crippen LogP contribution in [0.3, 0.4) is 0 Å². The highest BCUT2D eigenvalue weighted by molar-refractivity contribution is 6.13. The Hall–Kier alpha value is -2.36. The third kappa shape index (κ3) is 1.83. The Labute approximate surface area is 129 Å². The molecule has 0 aliphatic carbocycles. The number of ether oxygens (including phenoxy) is 2. The Balaban J connectivity index is 2.00. The quantitative estimate of drug-likeness (QED) is 0.782. The summed E-state index contributed by atoms with van der Waals surface area (Å²) >= 11 is 0. The van der Waals surface area contributed by atoms with Crippen molar-refractivity contribution in [3.8, 4) is 11.5 Å². The van der Waals surface area contributed by atoms with Gasteiger partial charge < -0.3 is 9.47 Å². The topological polar surface area (TPSA) is 43.2 Å². The van der Waals surface area contributed by atoms with Gasteiger partial charge in [-0.2, -0.15) is 0 Å². The average Bonchev–Trinajstić information content (AvgIpc) is 2.51. The highest BCUT2D eigenvalue weighted by Crippen LogP contribution is 2.48. The Morgan fingerprint density at radius 3 is 1.45 bits per heavy atom. The van der Waals surface area contributed by atoms with E-state index in [1.54, 1.807) is 0 Å². The van der Waals surface area contributed by atoms with Crippen molar-refractivity contribution in [3.63, 3.8) is 0 Å². The maximum Gasteiger partial charge on any atom is 0.197 e. The molecule has 0 fully saturated rings. The molecule has 0 radical (unpaired) electrons. The average molecular weight is 294 g/mol. The molecule has 0 saturated carbocycles. The second-order valence-electron chi connectivity index (χ2n) is 6.33. The van der Waals surface area contributed by atoms with E-state index in [4.69, 9.17) is 9.47 Å². The van der Waals surface area contributed by atoms with Crippen LogP contribution in [0.25, 0.3) is 10.8 Å². The van der Waals surface area contributed by atoms with Gasteiger partial charge >= 0.3 is 0 Å². The van der Waals surface area contributed by atoms with Gasteiger partial charge in [0.15, 0.2) is 11.8 Å². The lowest BCUT2D eigenvalue weighted by molar-refractivity contribution is 0.501. The van der Waals surface area contributed by atoms with Crippen molar-refractivity contribution in [2.45, 2.75) is 27.7 Å². The molecule has 2 heterocycles. The molecule has 2 aliphatic heterocycles. The largest absolute Gasteiger partial charge is 0.442 e. The fourth-order valence-corrected chi connectivity index (χ4v) is 2.76. The van der Waals surface area contributed by atoms with Gasteiger partial charge in [0.25, 0.3) is 0 Å². The lowest BCUT2D eigenvalue weighted by atomic mass is 10.0. The molecule has 4 rings (SSSR count). The number of nitrogens with zero attached hydrogens (tertiary/aromatic N) is 2. The molecule has 2 aliphatic rings. The van der Waals surface area contributed by atoms with Gasteiger partial charge in [0, 0.05) is 11.8 Å². The van der Waals surface area contributed by atoms with Crippen LogP contribution in [-0.4, -0.2) is 11.8 Å². The highest BCUT2D eigenvalue weighted by atomic mass is 16.5. The molecule has 0 spiro atoms. The second-order valence-corrected chi connectivity index (χ2v) is 6.33. The van der Waals surface area contributed by atoms with E-state index in [0.29, 0.717) is 0 Å². The zero-order valence-electron chi connectivity index (χ0n) is 13.2. The summed E-state index contributed by atoms with van der Waals surface area (Å²) < 4.78 is 11.9. The third-order valence-corrected chi connectivity index (χ3v) is 3.92. The van der Waals surface area contributed by atoms with E-state index in [-0.39, 0.29) is 11.8 Å². The van der Waals surface area contributed by atoms with Crippen LogP contribution >= 0.6 is 0 Å². The van der Waals surface area contributed by atoms with Crippen molar-refractivity contribution in [1.82, 2.24) is 0 Å². The van der Waals surface area contributed by atoms with Gasteiger partial charge in [0.2, 0.25) is 0 Å². The molecule has 2 aromatic carbocycles. The number of benzene rings is 2.